The molecule has 4 heteroatoms. The van der Waals surface area contributed by atoms with E-state index in [9.17, 15) is 9.90 Å². The van der Waals surface area contributed by atoms with Gasteiger partial charge in [-0.25, -0.2) is 4.79 Å². The highest BCUT2D eigenvalue weighted by atomic mass is 16.5. The maximum Gasteiger partial charge on any atom is 0.335 e. The summed E-state index contributed by atoms with van der Waals surface area (Å²) in [6.07, 6.45) is 0. The molecule has 0 atom stereocenters. The topological polar surface area (TPSA) is 66.8 Å². The summed E-state index contributed by atoms with van der Waals surface area (Å²) in [7, 11) is 1.46. The number of ether oxygens (including phenoxy) is 1. The highest BCUT2D eigenvalue weighted by Crippen LogP contribution is 2.28. The second-order valence-electron chi connectivity index (χ2n) is 2.67. The van der Waals surface area contributed by atoms with Gasteiger partial charge in [-0.3, -0.25) is 0 Å². The van der Waals surface area contributed by atoms with Crippen LogP contribution in [0.25, 0.3) is 5.57 Å². The van der Waals surface area contributed by atoms with Crippen molar-refractivity contribution in [3.8, 4) is 11.5 Å². The summed E-state index contributed by atoms with van der Waals surface area (Å²) in [4.78, 5) is 10.6. The van der Waals surface area contributed by atoms with Gasteiger partial charge in [-0.15, -0.1) is 0 Å². The quantitative estimate of drug-likeness (QED) is 0.715. The second kappa shape index (κ2) is 3.83. The second-order valence-corrected chi connectivity index (χ2v) is 2.67. The van der Waals surface area contributed by atoms with Crippen molar-refractivity contribution in [2.45, 2.75) is 0 Å². The standard InChI is InChI=1S/C10H10O4/c1-6(10(12)13)8-5-7(14-2)3-4-9(8)11/h3-5,11H,1H2,2H3,(H,12,13). The van der Waals surface area contributed by atoms with Gasteiger partial charge in [-0.1, -0.05) is 6.58 Å². The molecule has 4 nitrogen and oxygen atoms in total. The number of carboxylic acids is 1. The molecule has 0 aliphatic heterocycles. The van der Waals surface area contributed by atoms with Crippen molar-refractivity contribution in [1.82, 2.24) is 0 Å². The molecule has 0 bridgehead atoms. The van der Waals surface area contributed by atoms with Crippen molar-refractivity contribution in [2.75, 3.05) is 7.11 Å². The molecule has 74 valence electrons. The molecule has 0 amide bonds. The Kier molecular flexibility index (Phi) is 2.76. The summed E-state index contributed by atoms with van der Waals surface area (Å²) in [6.45, 7) is 3.35. The first-order valence-corrected chi connectivity index (χ1v) is 3.86. The van der Waals surface area contributed by atoms with Gasteiger partial charge in [-0.05, 0) is 18.2 Å². The Labute approximate surface area is 81.1 Å². The minimum Gasteiger partial charge on any atom is -0.507 e. The van der Waals surface area contributed by atoms with Crippen LogP contribution in [0.3, 0.4) is 0 Å². The fourth-order valence-electron chi connectivity index (χ4n) is 0.999. The molecule has 1 aromatic rings. The third kappa shape index (κ3) is 1.85. The van der Waals surface area contributed by atoms with Crippen LogP contribution in [-0.2, 0) is 4.79 Å². The minimum absolute atomic E-state index is 0.127. The zero-order valence-electron chi connectivity index (χ0n) is 7.65. The molecular weight excluding hydrogens is 184 g/mol. The van der Waals surface area contributed by atoms with Crippen molar-refractivity contribution >= 4 is 11.5 Å². The Bertz CT molecular complexity index is 382. The molecule has 0 saturated carbocycles. The van der Waals surface area contributed by atoms with Crippen LogP contribution in [0.5, 0.6) is 11.5 Å². The zero-order valence-corrected chi connectivity index (χ0v) is 7.65. The molecule has 0 unspecified atom stereocenters. The molecule has 14 heavy (non-hydrogen) atoms. The lowest BCUT2D eigenvalue weighted by Crippen LogP contribution is -1.98. The number of phenols is 1. The van der Waals surface area contributed by atoms with E-state index in [-0.39, 0.29) is 16.9 Å². The smallest absolute Gasteiger partial charge is 0.335 e. The van der Waals surface area contributed by atoms with Crippen LogP contribution in [0, 0.1) is 0 Å². The van der Waals surface area contributed by atoms with Crippen LogP contribution in [0.1, 0.15) is 5.56 Å². The summed E-state index contributed by atoms with van der Waals surface area (Å²) < 4.78 is 4.89. The highest BCUT2D eigenvalue weighted by Gasteiger charge is 2.12. The molecule has 0 saturated heterocycles. The molecule has 0 spiro atoms. The van der Waals surface area contributed by atoms with Crippen molar-refractivity contribution in [3.05, 3.63) is 30.3 Å². The maximum absolute atomic E-state index is 10.6. The Balaban J connectivity index is 3.19. The molecule has 0 heterocycles. The van der Waals surface area contributed by atoms with Gasteiger partial charge in [0.05, 0.1) is 12.7 Å². The summed E-state index contributed by atoms with van der Waals surface area (Å²) >= 11 is 0. The van der Waals surface area contributed by atoms with Crippen LogP contribution < -0.4 is 4.74 Å². The number of aliphatic carboxylic acids is 1. The summed E-state index contributed by atoms with van der Waals surface area (Å²) in [5.41, 5.74) is -0.00162. The zero-order chi connectivity index (χ0) is 10.7. The number of aromatic hydroxyl groups is 1. The van der Waals surface area contributed by atoms with E-state index in [0.29, 0.717) is 5.75 Å². The van der Waals surface area contributed by atoms with Crippen molar-refractivity contribution < 1.29 is 19.7 Å². The van der Waals surface area contributed by atoms with Gasteiger partial charge in [0.25, 0.3) is 0 Å². The first-order chi connectivity index (χ1) is 6.56. The summed E-state index contributed by atoms with van der Waals surface area (Å²) in [5.74, 6) is -0.827. The van der Waals surface area contributed by atoms with Gasteiger partial charge in [-0.2, -0.15) is 0 Å². The van der Waals surface area contributed by atoms with Crippen molar-refractivity contribution in [2.24, 2.45) is 0 Å². The predicted octanol–water partition coefficient (Wildman–Crippen LogP) is 1.50. The van der Waals surface area contributed by atoms with Gasteiger partial charge in [0.1, 0.15) is 11.5 Å². The van der Waals surface area contributed by atoms with Crippen LogP contribution in [0.4, 0.5) is 0 Å². The molecule has 1 rings (SSSR count). The van der Waals surface area contributed by atoms with Crippen molar-refractivity contribution in [1.29, 1.82) is 0 Å². The Morgan fingerprint density at radius 2 is 2.14 bits per heavy atom. The van der Waals surface area contributed by atoms with Gasteiger partial charge in [0.2, 0.25) is 0 Å². The third-order valence-corrected chi connectivity index (χ3v) is 1.79. The van der Waals surface area contributed by atoms with Crippen LogP contribution >= 0.6 is 0 Å². The molecule has 0 aliphatic carbocycles. The number of rotatable bonds is 3. The number of benzene rings is 1. The van der Waals surface area contributed by atoms with Crippen LogP contribution in [0.2, 0.25) is 0 Å². The Morgan fingerprint density at radius 1 is 1.50 bits per heavy atom. The number of hydrogen-bond acceptors (Lipinski definition) is 3. The first kappa shape index (κ1) is 10.1. The largest absolute Gasteiger partial charge is 0.507 e. The Hall–Kier alpha value is -1.97. The minimum atomic E-state index is -1.17. The van der Waals surface area contributed by atoms with Gasteiger partial charge < -0.3 is 14.9 Å². The van der Waals surface area contributed by atoms with E-state index in [1.54, 1.807) is 0 Å². The predicted molar refractivity (Wildman–Crippen MR) is 51.3 cm³/mol. The summed E-state index contributed by atoms with van der Waals surface area (Å²) in [6, 6.07) is 4.32. The molecule has 2 N–H and O–H groups in total. The van der Waals surface area contributed by atoms with E-state index in [2.05, 4.69) is 6.58 Å². The van der Waals surface area contributed by atoms with Gasteiger partial charge in [0.15, 0.2) is 0 Å². The number of methoxy groups -OCH3 is 1. The lowest BCUT2D eigenvalue weighted by Gasteiger charge is -2.06. The lowest BCUT2D eigenvalue weighted by molar-refractivity contribution is -0.130. The number of carboxylic acid groups (broad SMARTS) is 1. The van der Waals surface area contributed by atoms with Crippen molar-refractivity contribution in [3.63, 3.8) is 0 Å². The fourth-order valence-corrected chi connectivity index (χ4v) is 0.999. The number of carbonyl (C=O) groups is 1. The normalized spacial score (nSPS) is 9.50. The van der Waals surface area contributed by atoms with E-state index in [1.807, 2.05) is 0 Å². The molecule has 0 aliphatic rings. The maximum atomic E-state index is 10.6. The third-order valence-electron chi connectivity index (χ3n) is 1.79. The first-order valence-electron chi connectivity index (χ1n) is 3.86. The average molecular weight is 194 g/mol. The Morgan fingerprint density at radius 3 is 2.64 bits per heavy atom. The average Bonchev–Trinajstić information content (AvgIpc) is 2.17. The van der Waals surface area contributed by atoms with Gasteiger partial charge >= 0.3 is 5.97 Å². The molecule has 0 aromatic heterocycles. The SMILES string of the molecule is C=C(C(=O)O)c1cc(OC)ccc1O. The van der Waals surface area contributed by atoms with E-state index >= 15 is 0 Å². The highest BCUT2D eigenvalue weighted by molar-refractivity contribution is 6.15. The summed E-state index contributed by atoms with van der Waals surface area (Å²) in [5, 5.41) is 18.0. The fraction of sp³-hybridized carbons (Fsp3) is 0.100. The molecule has 1 aromatic carbocycles. The molecule has 0 radical (unpaired) electrons. The van der Waals surface area contributed by atoms with Gasteiger partial charge in [0, 0.05) is 5.56 Å². The van der Waals surface area contributed by atoms with E-state index in [4.69, 9.17) is 9.84 Å². The lowest BCUT2D eigenvalue weighted by atomic mass is 10.1. The van der Waals surface area contributed by atoms with E-state index in [1.165, 1.54) is 25.3 Å². The van der Waals surface area contributed by atoms with Crippen LogP contribution in [-0.4, -0.2) is 23.3 Å². The number of phenolic OH excluding ortho intramolecular Hbond substituents is 1. The number of hydrogen-bond donors (Lipinski definition) is 2. The van der Waals surface area contributed by atoms with Crippen LogP contribution in [0.15, 0.2) is 24.8 Å². The molecular formula is C10H10O4. The monoisotopic (exact) mass is 194 g/mol. The molecule has 0 fully saturated rings. The van der Waals surface area contributed by atoms with E-state index in [0.717, 1.165) is 0 Å². The van der Waals surface area contributed by atoms with E-state index < -0.39 is 5.97 Å².